The van der Waals surface area contributed by atoms with Crippen molar-refractivity contribution in [3.8, 4) is 17.4 Å². The van der Waals surface area contributed by atoms with E-state index >= 15 is 0 Å². The summed E-state index contributed by atoms with van der Waals surface area (Å²) >= 11 is 0. The van der Waals surface area contributed by atoms with Crippen LogP contribution in [-0.4, -0.2) is 32.8 Å². The van der Waals surface area contributed by atoms with Crippen molar-refractivity contribution in [3.05, 3.63) is 86.7 Å². The third-order valence-electron chi connectivity index (χ3n) is 5.32. The summed E-state index contributed by atoms with van der Waals surface area (Å²) in [4.78, 5) is 30.1. The predicted octanol–water partition coefficient (Wildman–Crippen LogP) is 0.710. The fraction of sp³-hybridized carbons (Fsp3) is 0.0870. The lowest BCUT2D eigenvalue weighted by Crippen LogP contribution is -2.37. The topological polar surface area (TPSA) is 154 Å². The number of anilines is 1. The van der Waals surface area contributed by atoms with Gasteiger partial charge < -0.3 is 29.5 Å². The van der Waals surface area contributed by atoms with Gasteiger partial charge in [-0.1, -0.05) is 24.3 Å². The van der Waals surface area contributed by atoms with E-state index in [-0.39, 0.29) is 45.6 Å². The number of rotatable bonds is 3. The fourth-order valence-electron chi connectivity index (χ4n) is 3.87. The molecule has 10 heteroatoms. The molecule has 0 amide bonds. The van der Waals surface area contributed by atoms with Crippen LogP contribution < -0.4 is 22.3 Å². The number of phenolic OH excluding ortho intramolecular Hbond substituents is 2. The number of nitrogens with zero attached hydrogens (tertiary/aromatic N) is 2. The number of benzene rings is 2. The molecular weight excluding hydrogens is 430 g/mol. The number of fused-ring (bicyclic) bond motifs is 3. The summed E-state index contributed by atoms with van der Waals surface area (Å²) in [7, 11) is 1.21. The average Bonchev–Trinajstić information content (AvgIpc) is 3.33. The zero-order chi connectivity index (χ0) is 23.3. The molecule has 1 atom stereocenters. The normalized spacial score (nSPS) is 15.2. The number of phenols is 2. The second kappa shape index (κ2) is 7.45. The number of esters is 1. The number of carbonyl (C=O) groups is 1. The van der Waals surface area contributed by atoms with Crippen LogP contribution >= 0.6 is 0 Å². The Morgan fingerprint density at radius 2 is 1.73 bits per heavy atom. The lowest BCUT2D eigenvalue weighted by atomic mass is 9.87. The molecule has 0 saturated heterocycles. The van der Waals surface area contributed by atoms with Crippen LogP contribution in [0.25, 0.3) is 17.5 Å². The molecule has 2 aromatic carbocycles. The smallest absolute Gasteiger partial charge is 0.362 e. The second-order valence-electron chi connectivity index (χ2n) is 7.32. The number of nitrogens with two attached hydrogens (primary N) is 1. The minimum Gasteiger partial charge on any atom is -0.508 e. The highest BCUT2D eigenvalue weighted by Gasteiger charge is 2.39. The van der Waals surface area contributed by atoms with Gasteiger partial charge in [-0.15, -0.1) is 0 Å². The maximum absolute atomic E-state index is 12.9. The van der Waals surface area contributed by atoms with Gasteiger partial charge in [-0.05, 0) is 41.5 Å². The highest BCUT2D eigenvalue weighted by Crippen LogP contribution is 2.38. The molecule has 0 spiro atoms. The number of oxazole rings is 2. The monoisotopic (exact) mass is 447 g/mol. The maximum Gasteiger partial charge on any atom is 0.362 e. The molecule has 2 aromatic heterocycles. The van der Waals surface area contributed by atoms with Gasteiger partial charge in [0, 0.05) is 0 Å². The molecule has 10 nitrogen and oxygen atoms in total. The van der Waals surface area contributed by atoms with E-state index in [1.807, 2.05) is 0 Å². The molecule has 0 saturated carbocycles. The van der Waals surface area contributed by atoms with Crippen molar-refractivity contribution in [1.29, 1.82) is 0 Å². The predicted molar refractivity (Wildman–Crippen MR) is 115 cm³/mol. The van der Waals surface area contributed by atoms with Gasteiger partial charge >= 0.3 is 11.6 Å². The van der Waals surface area contributed by atoms with Crippen LogP contribution in [0.3, 0.4) is 0 Å². The molecule has 5 rings (SSSR count). The van der Waals surface area contributed by atoms with Crippen molar-refractivity contribution < 1.29 is 28.6 Å². The molecule has 0 aliphatic carbocycles. The number of methoxy groups -OCH3 is 1. The Morgan fingerprint density at radius 3 is 2.36 bits per heavy atom. The van der Waals surface area contributed by atoms with E-state index in [0.29, 0.717) is 11.1 Å². The van der Waals surface area contributed by atoms with Crippen LogP contribution in [0.2, 0.25) is 0 Å². The van der Waals surface area contributed by atoms with Gasteiger partial charge in [0.1, 0.15) is 28.1 Å². The Bertz CT molecular complexity index is 1560. The third kappa shape index (κ3) is 3.24. The summed E-state index contributed by atoms with van der Waals surface area (Å²) < 4.78 is 17.5. The van der Waals surface area contributed by atoms with Crippen molar-refractivity contribution in [2.45, 2.75) is 5.92 Å². The van der Waals surface area contributed by atoms with E-state index in [2.05, 4.69) is 4.98 Å². The van der Waals surface area contributed by atoms with Crippen LogP contribution in [0.1, 0.15) is 22.7 Å². The first-order chi connectivity index (χ1) is 15.9. The molecule has 4 aromatic rings. The van der Waals surface area contributed by atoms with E-state index in [4.69, 9.17) is 19.3 Å². The van der Waals surface area contributed by atoms with Crippen molar-refractivity contribution in [2.75, 3.05) is 12.8 Å². The molecule has 0 fully saturated rings. The summed E-state index contributed by atoms with van der Waals surface area (Å²) in [6.45, 7) is 0. The largest absolute Gasteiger partial charge is 0.508 e. The number of nitrogen functional groups attached to an aromatic ring is 1. The van der Waals surface area contributed by atoms with E-state index < -0.39 is 17.5 Å². The van der Waals surface area contributed by atoms with Crippen LogP contribution in [0.5, 0.6) is 11.5 Å². The summed E-state index contributed by atoms with van der Waals surface area (Å²) in [5, 5.41) is 19.3. The van der Waals surface area contributed by atoms with Gasteiger partial charge in [-0.3, -0.25) is 0 Å². The van der Waals surface area contributed by atoms with E-state index in [1.54, 1.807) is 24.3 Å². The third-order valence-corrected chi connectivity index (χ3v) is 5.32. The molecule has 33 heavy (non-hydrogen) atoms. The highest BCUT2D eigenvalue weighted by molar-refractivity contribution is 6.12. The van der Waals surface area contributed by atoms with Gasteiger partial charge in [-0.2, -0.15) is 4.98 Å². The quantitative estimate of drug-likeness (QED) is 0.385. The molecule has 1 aliphatic rings. The van der Waals surface area contributed by atoms with Crippen molar-refractivity contribution in [1.82, 2.24) is 9.55 Å². The van der Waals surface area contributed by atoms with Gasteiger partial charge in [0.2, 0.25) is 11.4 Å². The molecule has 0 radical (unpaired) electrons. The zero-order valence-electron chi connectivity index (χ0n) is 17.2. The lowest BCUT2D eigenvalue weighted by Gasteiger charge is -2.21. The summed E-state index contributed by atoms with van der Waals surface area (Å²) in [6, 6.07) is 12.1. The number of hydrogen-bond acceptors (Lipinski definition) is 9. The van der Waals surface area contributed by atoms with Crippen LogP contribution in [-0.2, 0) is 9.53 Å². The number of hydrogen-bond donors (Lipinski definition) is 3. The van der Waals surface area contributed by atoms with Crippen molar-refractivity contribution in [3.63, 3.8) is 0 Å². The zero-order valence-corrected chi connectivity index (χ0v) is 17.2. The molecule has 166 valence electrons. The molecule has 0 bridgehead atoms. The van der Waals surface area contributed by atoms with Crippen LogP contribution in [0.15, 0.2) is 62.2 Å². The number of aromatic hydroxyl groups is 2. The highest BCUT2D eigenvalue weighted by atomic mass is 16.5. The first-order valence-electron chi connectivity index (χ1n) is 9.78. The van der Waals surface area contributed by atoms with Gasteiger partial charge in [0.15, 0.2) is 0 Å². The first kappa shape index (κ1) is 20.2. The maximum atomic E-state index is 12.9. The minimum atomic E-state index is -0.832. The van der Waals surface area contributed by atoms with Gasteiger partial charge in [0.25, 0.3) is 6.01 Å². The van der Waals surface area contributed by atoms with Crippen molar-refractivity contribution in [2.24, 2.45) is 0 Å². The Kier molecular flexibility index (Phi) is 4.56. The molecule has 0 unspecified atom stereocenters. The number of aromatic nitrogens is 2. The average molecular weight is 447 g/mol. The SMILES string of the molecule is COC(=O)C1=c2oc(=O)/c(=C\c3ccc(O)cc3)n2-c2oc(N)nc2[C@@H]1c1ccc(O)cc1. The lowest BCUT2D eigenvalue weighted by molar-refractivity contribution is -0.134. The molecular formula is C23H17N3O7. The van der Waals surface area contributed by atoms with E-state index in [1.165, 1.54) is 42.0 Å². The van der Waals surface area contributed by atoms with Gasteiger partial charge in [-0.25, -0.2) is 14.2 Å². The molecule has 4 N–H and O–H groups in total. The van der Waals surface area contributed by atoms with E-state index in [0.717, 1.165) is 0 Å². The summed E-state index contributed by atoms with van der Waals surface area (Å²) in [5.41, 5.74) is 6.50. The summed E-state index contributed by atoms with van der Waals surface area (Å²) in [5.74, 6) is -1.35. The van der Waals surface area contributed by atoms with Crippen molar-refractivity contribution >= 4 is 23.6 Å². The Morgan fingerprint density at radius 1 is 1.09 bits per heavy atom. The molecule has 1 aliphatic heterocycles. The first-order valence-corrected chi connectivity index (χ1v) is 9.78. The number of ether oxygens (including phenoxy) is 1. The fourth-order valence-corrected chi connectivity index (χ4v) is 3.87. The standard InChI is InChI=1S/C23H17N3O7/c1-31-22(30)17-16(12-4-8-14(28)9-5-12)18-20(33-23(24)25-18)26-15(21(29)32-19(17)26)10-11-2-6-13(27)7-3-11/h2-10,16,27-28H,1H3,(H2,24,25)/b15-10+/t16-/m1/s1. The Labute approximate surface area is 185 Å². The second-order valence-corrected chi connectivity index (χ2v) is 7.32. The number of carbonyl (C=O) groups excluding carboxylic acids is 1. The van der Waals surface area contributed by atoms with Crippen LogP contribution in [0, 0.1) is 0 Å². The molecule has 3 heterocycles. The minimum absolute atomic E-state index is 0.0199. The van der Waals surface area contributed by atoms with E-state index in [9.17, 15) is 19.8 Å². The van der Waals surface area contributed by atoms with Crippen LogP contribution in [0.4, 0.5) is 6.01 Å². The van der Waals surface area contributed by atoms with Gasteiger partial charge in [0.05, 0.1) is 13.0 Å². The Hall–Kier alpha value is -4.73. The Balaban J connectivity index is 1.90. The summed E-state index contributed by atoms with van der Waals surface area (Å²) in [6.07, 6.45) is 1.52.